The molecule has 1 heterocycles. The van der Waals surface area contributed by atoms with Crippen LogP contribution in [0, 0.1) is 23.6 Å². The van der Waals surface area contributed by atoms with Crippen LogP contribution in [0.15, 0.2) is 18.2 Å². The van der Waals surface area contributed by atoms with Gasteiger partial charge in [0, 0.05) is 38.3 Å². The number of methoxy groups -OCH3 is 1. The highest BCUT2D eigenvalue weighted by Gasteiger charge is 2.47. The van der Waals surface area contributed by atoms with Gasteiger partial charge in [-0.1, -0.05) is 11.6 Å². The van der Waals surface area contributed by atoms with Gasteiger partial charge in [-0.3, -0.25) is 9.59 Å². The molecule has 4 fully saturated rings. The van der Waals surface area contributed by atoms with Gasteiger partial charge in [-0.2, -0.15) is 0 Å². The summed E-state index contributed by atoms with van der Waals surface area (Å²) in [5.74, 6) is 0.283. The normalized spacial score (nSPS) is 32.0. The van der Waals surface area contributed by atoms with Crippen molar-refractivity contribution in [3.63, 3.8) is 0 Å². The quantitative estimate of drug-likeness (QED) is 0.586. The molecule has 5 rings (SSSR count). The summed E-state index contributed by atoms with van der Waals surface area (Å²) in [4.78, 5) is 25.2. The number of hydrogen-bond donors (Lipinski definition) is 3. The average Bonchev–Trinajstić information content (AvgIpc) is 2.73. The van der Waals surface area contributed by atoms with Crippen LogP contribution < -0.4 is 20.7 Å². The molecule has 0 radical (unpaired) electrons. The summed E-state index contributed by atoms with van der Waals surface area (Å²) < 4.78 is 24.3. The molecule has 1 aliphatic heterocycles. The van der Waals surface area contributed by atoms with Crippen LogP contribution in [0.3, 0.4) is 0 Å². The smallest absolute Gasteiger partial charge is 0.258 e. The molecule has 1 aromatic rings. The molecule has 0 aromatic heterocycles. The van der Waals surface area contributed by atoms with E-state index in [1.165, 1.54) is 12.1 Å². The number of nitrogens with one attached hydrogen (secondary N) is 3. The van der Waals surface area contributed by atoms with Crippen molar-refractivity contribution in [2.45, 2.75) is 43.9 Å². The average molecular weight is 454 g/mol. The lowest BCUT2D eigenvalue weighted by Crippen LogP contribution is -2.61. The summed E-state index contributed by atoms with van der Waals surface area (Å²) in [6, 6.07) is 4.15. The molecule has 3 saturated carbocycles. The van der Waals surface area contributed by atoms with E-state index >= 15 is 0 Å². The van der Waals surface area contributed by atoms with E-state index in [-0.39, 0.29) is 53.3 Å². The Labute approximate surface area is 186 Å². The van der Waals surface area contributed by atoms with Crippen LogP contribution in [0.1, 0.15) is 25.7 Å². The molecule has 31 heavy (non-hydrogen) atoms. The number of carbonyl (C=O) groups is 2. The zero-order valence-electron chi connectivity index (χ0n) is 17.5. The Balaban J connectivity index is 1.25. The number of carbonyl (C=O) groups excluding carboxylic acids is 2. The fourth-order valence-corrected chi connectivity index (χ4v) is 5.04. The molecule has 1 aromatic carbocycles. The zero-order valence-corrected chi connectivity index (χ0v) is 18.3. The maximum Gasteiger partial charge on any atom is 0.258 e. The number of rotatable bonds is 7. The highest BCUT2D eigenvalue weighted by molar-refractivity contribution is 6.30. The van der Waals surface area contributed by atoms with E-state index in [2.05, 4.69) is 16.0 Å². The molecule has 4 atom stereocenters. The van der Waals surface area contributed by atoms with Crippen molar-refractivity contribution in [1.82, 2.24) is 16.0 Å². The van der Waals surface area contributed by atoms with Gasteiger partial charge in [-0.15, -0.1) is 0 Å². The predicted molar refractivity (Wildman–Crippen MR) is 113 cm³/mol. The Morgan fingerprint density at radius 1 is 1.13 bits per heavy atom. The molecule has 2 bridgehead atoms. The lowest BCUT2D eigenvalue weighted by atomic mass is 9.60. The van der Waals surface area contributed by atoms with Crippen molar-refractivity contribution in [3.05, 3.63) is 29.0 Å². The number of piperidine rings is 1. The van der Waals surface area contributed by atoms with E-state index in [0.717, 1.165) is 38.3 Å². The number of ether oxygens (including phenoxy) is 2. The summed E-state index contributed by atoms with van der Waals surface area (Å²) >= 11 is 5.66. The van der Waals surface area contributed by atoms with Crippen LogP contribution in [0.2, 0.25) is 5.02 Å². The fourth-order valence-electron chi connectivity index (χ4n) is 4.92. The van der Waals surface area contributed by atoms with Crippen LogP contribution in [0.25, 0.3) is 0 Å². The molecule has 7 nitrogen and oxygen atoms in total. The first kappa shape index (κ1) is 22.3. The number of fused-ring (bicyclic) bond motifs is 2. The van der Waals surface area contributed by atoms with Crippen LogP contribution >= 0.6 is 11.6 Å². The highest BCUT2D eigenvalue weighted by Crippen LogP contribution is 2.45. The van der Waals surface area contributed by atoms with Gasteiger partial charge in [-0.25, -0.2) is 4.39 Å². The first-order valence-corrected chi connectivity index (χ1v) is 11.2. The Morgan fingerprint density at radius 2 is 1.87 bits per heavy atom. The second kappa shape index (κ2) is 9.71. The van der Waals surface area contributed by atoms with E-state index in [9.17, 15) is 14.0 Å². The number of amides is 2. The van der Waals surface area contributed by atoms with E-state index in [0.29, 0.717) is 18.4 Å². The first-order chi connectivity index (χ1) is 14.9. The highest BCUT2D eigenvalue weighted by atomic mass is 35.5. The van der Waals surface area contributed by atoms with Crippen LogP contribution in [-0.2, 0) is 14.3 Å². The standard InChI is InChI=1S/C22H29ClFN3O4/c1-30-16-6-14(9-25-10-16)22(29)27-20-8-19(12-4-13(20)5-12)26-21(28)11-31-15-2-3-17(23)18(24)7-15/h2-3,7,12-14,16,19-20,25H,4-6,8-11H2,1H3,(H,26,28)(H,27,29). The van der Waals surface area contributed by atoms with Crippen molar-refractivity contribution >= 4 is 23.4 Å². The van der Waals surface area contributed by atoms with Gasteiger partial charge in [-0.05, 0) is 49.7 Å². The number of halogens is 2. The van der Waals surface area contributed by atoms with Crippen molar-refractivity contribution in [1.29, 1.82) is 0 Å². The van der Waals surface area contributed by atoms with Crippen LogP contribution in [0.5, 0.6) is 5.75 Å². The third-order valence-corrected chi connectivity index (χ3v) is 7.11. The van der Waals surface area contributed by atoms with Gasteiger partial charge in [0.15, 0.2) is 6.61 Å². The van der Waals surface area contributed by atoms with Crippen LogP contribution in [0.4, 0.5) is 4.39 Å². The van der Waals surface area contributed by atoms with Gasteiger partial charge < -0.3 is 25.4 Å². The van der Waals surface area contributed by atoms with Crippen molar-refractivity contribution in [2.24, 2.45) is 17.8 Å². The second-order valence-corrected chi connectivity index (χ2v) is 9.24. The molecule has 0 spiro atoms. The van der Waals surface area contributed by atoms with Crippen molar-refractivity contribution in [2.75, 3.05) is 26.8 Å². The van der Waals surface area contributed by atoms with Crippen molar-refractivity contribution < 1.29 is 23.5 Å². The molecule has 4 aliphatic rings. The third-order valence-electron chi connectivity index (χ3n) is 6.81. The Bertz CT molecular complexity index is 820. The summed E-state index contributed by atoms with van der Waals surface area (Å²) in [6.45, 7) is 1.23. The molecule has 3 aliphatic carbocycles. The maximum atomic E-state index is 13.5. The molecule has 4 unspecified atom stereocenters. The summed E-state index contributed by atoms with van der Waals surface area (Å²) in [6.07, 6.45) is 3.50. The molecule has 2 amide bonds. The van der Waals surface area contributed by atoms with Gasteiger partial charge in [0.25, 0.3) is 5.91 Å². The Hall–Kier alpha value is -1.90. The molecular weight excluding hydrogens is 425 g/mol. The Kier molecular flexibility index (Phi) is 6.99. The van der Waals surface area contributed by atoms with E-state index in [4.69, 9.17) is 21.1 Å². The molecule has 1 saturated heterocycles. The molecule has 9 heteroatoms. The molecule has 170 valence electrons. The lowest BCUT2D eigenvalue weighted by molar-refractivity contribution is -0.130. The summed E-state index contributed by atoms with van der Waals surface area (Å²) in [7, 11) is 1.67. The predicted octanol–water partition coefficient (Wildman–Crippen LogP) is 1.88. The van der Waals surface area contributed by atoms with Gasteiger partial charge >= 0.3 is 0 Å². The summed E-state index contributed by atoms with van der Waals surface area (Å²) in [5.41, 5.74) is 0. The van der Waals surface area contributed by atoms with Gasteiger partial charge in [0.1, 0.15) is 11.6 Å². The monoisotopic (exact) mass is 453 g/mol. The van der Waals surface area contributed by atoms with Crippen molar-refractivity contribution in [3.8, 4) is 5.75 Å². The van der Waals surface area contributed by atoms with Crippen LogP contribution in [-0.4, -0.2) is 56.8 Å². The second-order valence-electron chi connectivity index (χ2n) is 8.83. The minimum atomic E-state index is -0.587. The topological polar surface area (TPSA) is 88.7 Å². The third kappa shape index (κ3) is 5.30. The fraction of sp³-hybridized carbons (Fsp3) is 0.636. The number of hydrogen-bond acceptors (Lipinski definition) is 5. The largest absolute Gasteiger partial charge is 0.484 e. The minimum Gasteiger partial charge on any atom is -0.484 e. The minimum absolute atomic E-state index is 0.00422. The number of benzene rings is 1. The molecule has 3 N–H and O–H groups in total. The zero-order chi connectivity index (χ0) is 22.0. The van der Waals surface area contributed by atoms with Gasteiger partial charge in [0.05, 0.1) is 17.0 Å². The summed E-state index contributed by atoms with van der Waals surface area (Å²) in [5, 5.41) is 9.52. The van der Waals surface area contributed by atoms with E-state index in [1.54, 1.807) is 7.11 Å². The van der Waals surface area contributed by atoms with E-state index in [1.807, 2.05) is 0 Å². The van der Waals surface area contributed by atoms with E-state index < -0.39 is 5.82 Å². The Morgan fingerprint density at radius 3 is 2.58 bits per heavy atom. The molecular formula is C22H29ClFN3O4. The lowest BCUT2D eigenvalue weighted by Gasteiger charge is -2.51. The maximum absolute atomic E-state index is 13.5. The van der Waals surface area contributed by atoms with Gasteiger partial charge in [0.2, 0.25) is 5.91 Å². The SMILES string of the molecule is COC1CNCC(C(=O)NC2CC(NC(=O)COc3ccc(Cl)c(F)c3)C3CC2C3)C1. The first-order valence-electron chi connectivity index (χ1n) is 10.8.